The van der Waals surface area contributed by atoms with Gasteiger partial charge in [-0.3, -0.25) is 0 Å². The van der Waals surface area contributed by atoms with Crippen LogP contribution in [0.25, 0.3) is 83.6 Å². The van der Waals surface area contributed by atoms with Crippen molar-refractivity contribution < 1.29 is 0 Å². The number of nitrogens with zero attached hydrogens (tertiary/aromatic N) is 3. The van der Waals surface area contributed by atoms with Crippen molar-refractivity contribution in [2.75, 3.05) is 0 Å². The van der Waals surface area contributed by atoms with E-state index in [0.29, 0.717) is 0 Å². The second-order valence-corrected chi connectivity index (χ2v) is 12.2. The molecule has 2 aromatic heterocycles. The lowest BCUT2D eigenvalue weighted by atomic mass is 9.93. The first-order valence-electron chi connectivity index (χ1n) is 16.6. The lowest BCUT2D eigenvalue weighted by Gasteiger charge is -2.13. The number of rotatable bonds is 6. The number of hydrogen-bond donors (Lipinski definition) is 0. The van der Waals surface area contributed by atoms with Gasteiger partial charge in [0, 0.05) is 33.2 Å². The van der Waals surface area contributed by atoms with Gasteiger partial charge >= 0.3 is 0 Å². The molecule has 3 nitrogen and oxygen atoms in total. The molecule has 0 bridgehead atoms. The second-order valence-electron chi connectivity index (χ2n) is 12.2. The Bertz CT molecular complexity index is 2510. The minimum Gasteiger partial charge on any atom is -0.309 e. The zero-order chi connectivity index (χ0) is 32.6. The Hall–Kier alpha value is -6.58. The van der Waals surface area contributed by atoms with Gasteiger partial charge in [-0.15, -0.1) is 0 Å². The molecule has 0 atom stereocenters. The Balaban J connectivity index is 1.13. The molecule has 49 heavy (non-hydrogen) atoms. The van der Waals surface area contributed by atoms with E-state index in [1.165, 1.54) is 38.5 Å². The highest BCUT2D eigenvalue weighted by Crippen LogP contribution is 2.38. The fourth-order valence-corrected chi connectivity index (χ4v) is 6.87. The van der Waals surface area contributed by atoms with Gasteiger partial charge < -0.3 is 4.57 Å². The third-order valence-electron chi connectivity index (χ3n) is 9.25. The molecule has 9 aromatic rings. The molecular formula is C46H31N3. The Morgan fingerprint density at radius 3 is 1.51 bits per heavy atom. The molecule has 0 aliphatic rings. The van der Waals surface area contributed by atoms with Crippen LogP contribution in [0.15, 0.2) is 188 Å². The van der Waals surface area contributed by atoms with Gasteiger partial charge in [-0.1, -0.05) is 158 Å². The van der Waals surface area contributed by atoms with Crippen molar-refractivity contribution in [3.8, 4) is 61.8 Å². The largest absolute Gasteiger partial charge is 0.309 e. The summed E-state index contributed by atoms with van der Waals surface area (Å²) in [6.45, 7) is 0. The number of hydrogen-bond acceptors (Lipinski definition) is 2. The maximum Gasteiger partial charge on any atom is 0.160 e. The molecule has 7 aromatic carbocycles. The first-order valence-corrected chi connectivity index (χ1v) is 16.6. The Kier molecular flexibility index (Phi) is 7.14. The smallest absolute Gasteiger partial charge is 0.160 e. The van der Waals surface area contributed by atoms with Crippen LogP contribution in [-0.4, -0.2) is 14.5 Å². The van der Waals surface area contributed by atoms with Crippen LogP contribution < -0.4 is 0 Å². The zero-order valence-electron chi connectivity index (χ0n) is 26.7. The number of aromatic nitrogens is 3. The van der Waals surface area contributed by atoms with Crippen LogP contribution in [0.5, 0.6) is 0 Å². The molecule has 0 aliphatic carbocycles. The summed E-state index contributed by atoms with van der Waals surface area (Å²) in [5, 5.41) is 2.51. The van der Waals surface area contributed by atoms with Crippen LogP contribution in [0.2, 0.25) is 0 Å². The number of para-hydroxylation sites is 2. The molecule has 0 saturated heterocycles. The highest BCUT2D eigenvalue weighted by Gasteiger charge is 2.15. The minimum atomic E-state index is 0.717. The van der Waals surface area contributed by atoms with Crippen molar-refractivity contribution in [3.05, 3.63) is 188 Å². The van der Waals surface area contributed by atoms with E-state index in [9.17, 15) is 0 Å². The van der Waals surface area contributed by atoms with Gasteiger partial charge in [0.15, 0.2) is 5.82 Å². The Morgan fingerprint density at radius 2 is 0.816 bits per heavy atom. The summed E-state index contributed by atoms with van der Waals surface area (Å²) in [7, 11) is 0. The van der Waals surface area contributed by atoms with E-state index in [0.717, 1.165) is 45.2 Å². The Morgan fingerprint density at radius 1 is 0.327 bits per heavy atom. The molecular weight excluding hydrogens is 595 g/mol. The molecule has 0 aliphatic heterocycles. The molecule has 0 amide bonds. The quantitative estimate of drug-likeness (QED) is 0.184. The molecule has 230 valence electrons. The first kappa shape index (κ1) is 28.6. The summed E-state index contributed by atoms with van der Waals surface area (Å²) >= 11 is 0. The van der Waals surface area contributed by atoms with E-state index >= 15 is 0 Å². The summed E-state index contributed by atoms with van der Waals surface area (Å²) in [5.74, 6) is 0.717. The maximum atomic E-state index is 5.03. The van der Waals surface area contributed by atoms with Gasteiger partial charge in [0.2, 0.25) is 0 Å². The monoisotopic (exact) mass is 625 g/mol. The summed E-state index contributed by atoms with van der Waals surface area (Å²) in [6, 6.07) is 66.2. The average molecular weight is 626 g/mol. The SMILES string of the molecule is c1ccc(-c2cc(-c3ccc(-c4ccccc4-c4ccc5c6ccccc6n(-c6ccccc6)c5c4)cc3)nc(-c3ccccc3)n2)cc1. The van der Waals surface area contributed by atoms with Crippen molar-refractivity contribution in [3.63, 3.8) is 0 Å². The summed E-state index contributed by atoms with van der Waals surface area (Å²) in [4.78, 5) is 9.99. The highest BCUT2D eigenvalue weighted by atomic mass is 15.0. The number of fused-ring (bicyclic) bond motifs is 3. The predicted octanol–water partition coefficient (Wildman–Crippen LogP) is 11.9. The predicted molar refractivity (Wildman–Crippen MR) is 204 cm³/mol. The third-order valence-corrected chi connectivity index (χ3v) is 9.25. The first-order chi connectivity index (χ1) is 24.3. The fraction of sp³-hybridized carbons (Fsp3) is 0. The second kappa shape index (κ2) is 12.2. The summed E-state index contributed by atoms with van der Waals surface area (Å²) < 4.78 is 2.38. The van der Waals surface area contributed by atoms with Gasteiger partial charge in [-0.05, 0) is 52.6 Å². The molecule has 3 heteroatoms. The zero-order valence-corrected chi connectivity index (χ0v) is 26.7. The molecule has 9 rings (SSSR count). The maximum absolute atomic E-state index is 5.03. The molecule has 2 heterocycles. The molecule has 0 spiro atoms. The van der Waals surface area contributed by atoms with Gasteiger partial charge in [0.1, 0.15) is 0 Å². The molecule has 0 fully saturated rings. The van der Waals surface area contributed by atoms with Crippen LogP contribution >= 0.6 is 0 Å². The van der Waals surface area contributed by atoms with Crippen molar-refractivity contribution in [1.82, 2.24) is 14.5 Å². The van der Waals surface area contributed by atoms with E-state index in [1.807, 2.05) is 36.4 Å². The van der Waals surface area contributed by atoms with Crippen LogP contribution in [0, 0.1) is 0 Å². The van der Waals surface area contributed by atoms with Crippen LogP contribution in [0.1, 0.15) is 0 Å². The van der Waals surface area contributed by atoms with Gasteiger partial charge in [0.05, 0.1) is 22.4 Å². The van der Waals surface area contributed by atoms with E-state index in [4.69, 9.17) is 9.97 Å². The van der Waals surface area contributed by atoms with Crippen LogP contribution in [-0.2, 0) is 0 Å². The van der Waals surface area contributed by atoms with Crippen molar-refractivity contribution in [1.29, 1.82) is 0 Å². The summed E-state index contributed by atoms with van der Waals surface area (Å²) in [6.07, 6.45) is 0. The van der Waals surface area contributed by atoms with E-state index in [-0.39, 0.29) is 0 Å². The van der Waals surface area contributed by atoms with E-state index in [2.05, 4.69) is 156 Å². The Labute approximate surface area is 285 Å². The molecule has 0 unspecified atom stereocenters. The van der Waals surface area contributed by atoms with Crippen LogP contribution in [0.3, 0.4) is 0 Å². The van der Waals surface area contributed by atoms with E-state index < -0.39 is 0 Å². The third kappa shape index (κ3) is 5.28. The van der Waals surface area contributed by atoms with Gasteiger partial charge in [0.25, 0.3) is 0 Å². The van der Waals surface area contributed by atoms with E-state index in [1.54, 1.807) is 0 Å². The van der Waals surface area contributed by atoms with Crippen LogP contribution in [0.4, 0.5) is 0 Å². The topological polar surface area (TPSA) is 30.7 Å². The molecule has 0 N–H and O–H groups in total. The van der Waals surface area contributed by atoms with Gasteiger partial charge in [-0.2, -0.15) is 0 Å². The number of benzene rings is 7. The minimum absolute atomic E-state index is 0.717. The van der Waals surface area contributed by atoms with Crippen molar-refractivity contribution >= 4 is 21.8 Å². The lowest BCUT2D eigenvalue weighted by molar-refractivity contribution is 1.18. The summed E-state index contributed by atoms with van der Waals surface area (Å²) in [5.41, 5.74) is 13.2. The molecule has 0 radical (unpaired) electrons. The average Bonchev–Trinajstić information content (AvgIpc) is 3.52. The van der Waals surface area contributed by atoms with Crippen molar-refractivity contribution in [2.45, 2.75) is 0 Å². The lowest BCUT2D eigenvalue weighted by Crippen LogP contribution is -1.96. The fourth-order valence-electron chi connectivity index (χ4n) is 6.87. The van der Waals surface area contributed by atoms with Crippen molar-refractivity contribution in [2.24, 2.45) is 0 Å². The standard InChI is InChI=1S/C46H31N3/c1-4-14-33(15-5-1)42-31-43(48-46(47-42)35-16-6-2-7-17-35)34-26-24-32(25-27-34)38-20-10-11-21-39(38)36-28-29-41-40-22-12-13-23-44(40)49(45(41)30-36)37-18-8-3-9-19-37/h1-31H. The van der Waals surface area contributed by atoms with Gasteiger partial charge in [-0.25, -0.2) is 9.97 Å². The molecule has 0 saturated carbocycles. The highest BCUT2D eigenvalue weighted by molar-refractivity contribution is 6.10. The normalized spacial score (nSPS) is 11.3.